The molecular formula is C22H19N3O. The van der Waals surface area contributed by atoms with E-state index in [1.807, 2.05) is 60.7 Å². The molecule has 0 saturated heterocycles. The summed E-state index contributed by atoms with van der Waals surface area (Å²) in [4.78, 5) is 0. The van der Waals surface area contributed by atoms with Gasteiger partial charge in [0.15, 0.2) is 0 Å². The van der Waals surface area contributed by atoms with Crippen molar-refractivity contribution in [2.45, 2.75) is 13.0 Å². The summed E-state index contributed by atoms with van der Waals surface area (Å²) in [5, 5.41) is 12.1. The van der Waals surface area contributed by atoms with E-state index in [0.29, 0.717) is 11.8 Å². The maximum absolute atomic E-state index is 6.00. The van der Waals surface area contributed by atoms with Gasteiger partial charge in [-0.15, -0.1) is 10.2 Å². The van der Waals surface area contributed by atoms with Gasteiger partial charge in [-0.2, -0.15) is 0 Å². The molecule has 1 aromatic heterocycles. The Labute approximate surface area is 152 Å². The molecule has 4 aromatic rings. The minimum Gasteiger partial charge on any atom is -0.418 e. The third-order valence-electron chi connectivity index (χ3n) is 4.17. The molecule has 1 heterocycles. The molecule has 0 aliphatic heterocycles. The largest absolute Gasteiger partial charge is 0.418 e. The van der Waals surface area contributed by atoms with Gasteiger partial charge in [-0.1, -0.05) is 60.7 Å². The van der Waals surface area contributed by atoms with E-state index in [9.17, 15) is 0 Å². The van der Waals surface area contributed by atoms with E-state index in [4.69, 9.17) is 4.42 Å². The summed E-state index contributed by atoms with van der Waals surface area (Å²) in [6.45, 7) is 2.07. The van der Waals surface area contributed by atoms with Crippen molar-refractivity contribution < 1.29 is 4.42 Å². The maximum atomic E-state index is 6.00. The molecule has 0 saturated carbocycles. The van der Waals surface area contributed by atoms with Crippen molar-refractivity contribution in [3.63, 3.8) is 0 Å². The van der Waals surface area contributed by atoms with Gasteiger partial charge in [0.25, 0.3) is 0 Å². The van der Waals surface area contributed by atoms with Gasteiger partial charge < -0.3 is 9.73 Å². The summed E-state index contributed by atoms with van der Waals surface area (Å²) in [7, 11) is 0. The van der Waals surface area contributed by atoms with E-state index < -0.39 is 0 Å². The predicted molar refractivity (Wildman–Crippen MR) is 103 cm³/mol. The van der Waals surface area contributed by atoms with Crippen LogP contribution in [0.2, 0.25) is 0 Å². The summed E-state index contributed by atoms with van der Waals surface area (Å²) in [5.41, 5.74) is 4.18. The Morgan fingerprint density at radius 1 is 0.808 bits per heavy atom. The lowest BCUT2D eigenvalue weighted by Gasteiger charge is -2.17. The molecule has 0 aliphatic carbocycles. The number of aryl methyl sites for hydroxylation is 1. The Bertz CT molecular complexity index is 980. The highest BCUT2D eigenvalue weighted by atomic mass is 16.4. The minimum atomic E-state index is -0.219. The second kappa shape index (κ2) is 7.23. The van der Waals surface area contributed by atoms with Crippen LogP contribution in [0.25, 0.3) is 11.5 Å². The molecule has 1 unspecified atom stereocenters. The van der Waals surface area contributed by atoms with Crippen molar-refractivity contribution in [1.29, 1.82) is 0 Å². The second-order valence-electron chi connectivity index (χ2n) is 6.17. The van der Waals surface area contributed by atoms with Gasteiger partial charge in [0.2, 0.25) is 11.8 Å². The lowest BCUT2D eigenvalue weighted by atomic mass is 10.1. The van der Waals surface area contributed by atoms with E-state index in [0.717, 1.165) is 16.8 Å². The van der Waals surface area contributed by atoms with Crippen LogP contribution in [0, 0.1) is 6.92 Å². The fraction of sp³-hybridized carbons (Fsp3) is 0.0909. The van der Waals surface area contributed by atoms with Crippen molar-refractivity contribution in [3.8, 4) is 11.5 Å². The number of rotatable bonds is 5. The van der Waals surface area contributed by atoms with Gasteiger partial charge in [-0.25, -0.2) is 0 Å². The summed E-state index contributed by atoms with van der Waals surface area (Å²) in [5.74, 6) is 1.06. The van der Waals surface area contributed by atoms with Crippen molar-refractivity contribution >= 4 is 5.69 Å². The second-order valence-corrected chi connectivity index (χ2v) is 6.17. The topological polar surface area (TPSA) is 51.0 Å². The average Bonchev–Trinajstić information content (AvgIpc) is 3.17. The molecule has 0 spiro atoms. The first-order valence-electron chi connectivity index (χ1n) is 8.56. The number of nitrogens with zero attached hydrogens (tertiary/aromatic N) is 2. The molecule has 0 radical (unpaired) electrons. The number of nitrogens with one attached hydrogen (secondary N) is 1. The zero-order chi connectivity index (χ0) is 17.8. The molecule has 4 rings (SSSR count). The highest BCUT2D eigenvalue weighted by Crippen LogP contribution is 2.28. The Morgan fingerprint density at radius 2 is 1.54 bits per heavy atom. The molecule has 4 heteroatoms. The fourth-order valence-corrected chi connectivity index (χ4v) is 2.88. The molecule has 1 atom stereocenters. The van der Waals surface area contributed by atoms with E-state index in [1.165, 1.54) is 5.56 Å². The van der Waals surface area contributed by atoms with Crippen LogP contribution in [0.4, 0.5) is 5.69 Å². The number of hydrogen-bond donors (Lipinski definition) is 1. The van der Waals surface area contributed by atoms with Gasteiger partial charge >= 0.3 is 0 Å². The molecule has 0 fully saturated rings. The molecule has 128 valence electrons. The van der Waals surface area contributed by atoms with Crippen molar-refractivity contribution in [2.75, 3.05) is 5.32 Å². The van der Waals surface area contributed by atoms with Crippen LogP contribution in [-0.4, -0.2) is 10.2 Å². The summed E-state index contributed by atoms with van der Waals surface area (Å²) >= 11 is 0. The van der Waals surface area contributed by atoms with Crippen LogP contribution in [0.3, 0.4) is 0 Å². The molecule has 3 aromatic carbocycles. The Morgan fingerprint density at radius 3 is 2.27 bits per heavy atom. The fourth-order valence-electron chi connectivity index (χ4n) is 2.88. The molecule has 26 heavy (non-hydrogen) atoms. The predicted octanol–water partition coefficient (Wildman–Crippen LogP) is 5.25. The molecule has 4 nitrogen and oxygen atoms in total. The van der Waals surface area contributed by atoms with E-state index in [1.54, 1.807) is 0 Å². The lowest BCUT2D eigenvalue weighted by molar-refractivity contribution is 0.494. The zero-order valence-electron chi connectivity index (χ0n) is 14.5. The van der Waals surface area contributed by atoms with Crippen LogP contribution in [0.15, 0.2) is 89.3 Å². The lowest BCUT2D eigenvalue weighted by Crippen LogP contribution is -2.12. The average molecular weight is 341 g/mol. The Balaban J connectivity index is 1.70. The highest BCUT2D eigenvalue weighted by Gasteiger charge is 2.21. The number of benzene rings is 3. The van der Waals surface area contributed by atoms with Crippen LogP contribution in [-0.2, 0) is 0 Å². The third kappa shape index (κ3) is 3.49. The van der Waals surface area contributed by atoms with Crippen molar-refractivity contribution in [1.82, 2.24) is 10.2 Å². The zero-order valence-corrected chi connectivity index (χ0v) is 14.5. The van der Waals surface area contributed by atoms with Crippen LogP contribution in [0.5, 0.6) is 0 Å². The normalized spacial score (nSPS) is 11.9. The van der Waals surface area contributed by atoms with Crippen LogP contribution < -0.4 is 5.32 Å². The summed E-state index contributed by atoms with van der Waals surface area (Å²) < 4.78 is 6.00. The van der Waals surface area contributed by atoms with Crippen LogP contribution >= 0.6 is 0 Å². The summed E-state index contributed by atoms with van der Waals surface area (Å²) in [6, 6.07) is 28.0. The van der Waals surface area contributed by atoms with E-state index >= 15 is 0 Å². The minimum absolute atomic E-state index is 0.219. The quantitative estimate of drug-likeness (QED) is 0.539. The van der Waals surface area contributed by atoms with Gasteiger partial charge in [0.05, 0.1) is 0 Å². The van der Waals surface area contributed by atoms with Gasteiger partial charge in [0, 0.05) is 11.3 Å². The van der Waals surface area contributed by atoms with Gasteiger partial charge in [0.1, 0.15) is 6.04 Å². The van der Waals surface area contributed by atoms with E-state index in [2.05, 4.69) is 46.7 Å². The molecule has 0 aliphatic rings. The van der Waals surface area contributed by atoms with Crippen LogP contribution in [0.1, 0.15) is 23.1 Å². The van der Waals surface area contributed by atoms with Crippen molar-refractivity contribution in [3.05, 3.63) is 102 Å². The van der Waals surface area contributed by atoms with Gasteiger partial charge in [-0.3, -0.25) is 0 Å². The standard InChI is InChI=1S/C22H19N3O/c1-16-9-8-14-19(15-16)23-20(17-10-4-2-5-11-17)22-25-24-21(26-22)18-12-6-3-7-13-18/h2-15,20,23H,1H3. The van der Waals surface area contributed by atoms with E-state index in [-0.39, 0.29) is 6.04 Å². The first-order valence-corrected chi connectivity index (χ1v) is 8.56. The smallest absolute Gasteiger partial charge is 0.247 e. The maximum Gasteiger partial charge on any atom is 0.247 e. The van der Waals surface area contributed by atoms with Gasteiger partial charge in [-0.05, 0) is 42.3 Å². The number of aromatic nitrogens is 2. The Hall–Kier alpha value is -3.40. The third-order valence-corrected chi connectivity index (χ3v) is 4.17. The summed E-state index contributed by atoms with van der Waals surface area (Å²) in [6.07, 6.45) is 0. The molecular weight excluding hydrogens is 322 g/mol. The molecule has 1 N–H and O–H groups in total. The highest BCUT2D eigenvalue weighted by molar-refractivity contribution is 5.53. The number of anilines is 1. The monoisotopic (exact) mass is 341 g/mol. The van der Waals surface area contributed by atoms with Crippen molar-refractivity contribution in [2.24, 2.45) is 0 Å². The first kappa shape index (κ1) is 16.1. The first-order chi connectivity index (χ1) is 12.8. The molecule has 0 bridgehead atoms. The Kier molecular flexibility index (Phi) is 4.48. The molecule has 0 amide bonds. The SMILES string of the molecule is Cc1cccc(NC(c2ccccc2)c2nnc(-c3ccccc3)o2)c1. The number of hydrogen-bond acceptors (Lipinski definition) is 4.